The maximum atomic E-state index is 11.9. The van der Waals surface area contributed by atoms with E-state index in [9.17, 15) is 9.90 Å². The summed E-state index contributed by atoms with van der Waals surface area (Å²) in [5.41, 5.74) is 0.972. The van der Waals surface area contributed by atoms with Gasteiger partial charge in [0.15, 0.2) is 0 Å². The fourth-order valence-corrected chi connectivity index (χ4v) is 2.84. The van der Waals surface area contributed by atoms with E-state index in [4.69, 9.17) is 0 Å². The normalized spacial score (nSPS) is 12.9. The maximum Gasteiger partial charge on any atom is 0.317 e. The number of hydrogen-bond acceptors (Lipinski definition) is 2. The summed E-state index contributed by atoms with van der Waals surface area (Å²) in [5, 5.41) is 12.2. The van der Waals surface area contributed by atoms with E-state index in [0.717, 1.165) is 10.0 Å². The van der Waals surface area contributed by atoms with Crippen molar-refractivity contribution in [3.05, 3.63) is 34.3 Å². The lowest BCUT2D eigenvalue weighted by atomic mass is 9.84. The average molecular weight is 343 g/mol. The molecule has 0 radical (unpaired) electrons. The van der Waals surface area contributed by atoms with Crippen LogP contribution in [-0.4, -0.2) is 42.3 Å². The average Bonchev–Trinajstić information content (AvgIpc) is 2.35. The van der Waals surface area contributed by atoms with Gasteiger partial charge in [-0.15, -0.1) is 0 Å². The van der Waals surface area contributed by atoms with Gasteiger partial charge in [0.05, 0.1) is 6.10 Å². The second kappa shape index (κ2) is 7.09. The molecule has 0 fully saturated rings. The molecular weight excluding hydrogens is 320 g/mol. The van der Waals surface area contributed by atoms with Gasteiger partial charge in [-0.05, 0) is 18.6 Å². The van der Waals surface area contributed by atoms with Gasteiger partial charge in [-0.1, -0.05) is 48.0 Å². The topological polar surface area (TPSA) is 52.6 Å². The Balaban J connectivity index is 2.64. The SMILES string of the molecule is C[C@@H](O)CN(C)C(=O)NCC(C)(C)c1ccccc1Br. The van der Waals surface area contributed by atoms with E-state index in [-0.39, 0.29) is 11.4 Å². The van der Waals surface area contributed by atoms with E-state index in [1.807, 2.05) is 18.2 Å². The number of amides is 2. The Morgan fingerprint density at radius 3 is 2.60 bits per heavy atom. The standard InChI is InChI=1S/C15H23BrN2O2/c1-11(19)9-18(4)14(20)17-10-15(2,3)12-7-5-6-8-13(12)16/h5-8,11,19H,9-10H2,1-4H3,(H,17,20)/t11-/m1/s1. The Morgan fingerprint density at radius 2 is 2.05 bits per heavy atom. The molecule has 1 aromatic carbocycles. The number of likely N-dealkylation sites (N-methyl/N-ethyl adjacent to an activating group) is 1. The number of urea groups is 1. The first-order chi connectivity index (χ1) is 9.24. The molecule has 0 bridgehead atoms. The molecule has 0 aliphatic carbocycles. The highest BCUT2D eigenvalue weighted by Crippen LogP contribution is 2.29. The van der Waals surface area contributed by atoms with Crippen LogP contribution in [0.3, 0.4) is 0 Å². The summed E-state index contributed by atoms with van der Waals surface area (Å²) in [5.74, 6) is 0. The molecule has 0 saturated carbocycles. The molecule has 1 aromatic rings. The van der Waals surface area contributed by atoms with Gasteiger partial charge >= 0.3 is 6.03 Å². The second-order valence-electron chi connectivity index (χ2n) is 5.75. The van der Waals surface area contributed by atoms with Gasteiger partial charge in [0, 0.05) is 30.0 Å². The van der Waals surface area contributed by atoms with E-state index < -0.39 is 6.10 Å². The Kier molecular flexibility index (Phi) is 6.02. The molecule has 0 unspecified atom stereocenters. The van der Waals surface area contributed by atoms with Crippen molar-refractivity contribution < 1.29 is 9.90 Å². The number of rotatable bonds is 5. The van der Waals surface area contributed by atoms with Gasteiger partial charge in [-0.3, -0.25) is 0 Å². The zero-order chi connectivity index (χ0) is 15.3. The van der Waals surface area contributed by atoms with E-state index in [1.165, 1.54) is 4.90 Å². The van der Waals surface area contributed by atoms with Crippen molar-refractivity contribution in [2.75, 3.05) is 20.1 Å². The molecule has 2 amide bonds. The van der Waals surface area contributed by atoms with Crippen LogP contribution in [0.25, 0.3) is 0 Å². The first-order valence-electron chi connectivity index (χ1n) is 6.66. The molecule has 5 heteroatoms. The first-order valence-corrected chi connectivity index (χ1v) is 7.45. The summed E-state index contributed by atoms with van der Waals surface area (Å²) in [6.07, 6.45) is -0.526. The van der Waals surface area contributed by atoms with Gasteiger partial charge in [-0.2, -0.15) is 0 Å². The Hall–Kier alpha value is -1.07. The van der Waals surface area contributed by atoms with Crippen molar-refractivity contribution >= 4 is 22.0 Å². The lowest BCUT2D eigenvalue weighted by Crippen LogP contribution is -2.45. The summed E-state index contributed by atoms with van der Waals surface area (Å²) in [6.45, 7) is 6.68. The number of halogens is 1. The van der Waals surface area contributed by atoms with Crippen LogP contribution in [0, 0.1) is 0 Å². The number of carbonyl (C=O) groups excluding carboxylic acids is 1. The number of benzene rings is 1. The fourth-order valence-electron chi connectivity index (χ4n) is 2.02. The van der Waals surface area contributed by atoms with Crippen molar-refractivity contribution in [3.8, 4) is 0 Å². The van der Waals surface area contributed by atoms with Gasteiger partial charge in [0.1, 0.15) is 0 Å². The molecule has 0 heterocycles. The molecule has 0 saturated heterocycles. The first kappa shape index (κ1) is 17.0. The number of nitrogens with zero attached hydrogens (tertiary/aromatic N) is 1. The smallest absolute Gasteiger partial charge is 0.317 e. The minimum absolute atomic E-state index is 0.175. The van der Waals surface area contributed by atoms with Gasteiger partial charge in [0.2, 0.25) is 0 Å². The summed E-state index contributed by atoms with van der Waals surface area (Å²) in [6, 6.07) is 7.84. The van der Waals surface area contributed by atoms with Crippen molar-refractivity contribution in [2.45, 2.75) is 32.3 Å². The summed E-state index contributed by atoms with van der Waals surface area (Å²) in [4.78, 5) is 13.4. The number of aliphatic hydroxyl groups is 1. The highest BCUT2D eigenvalue weighted by Gasteiger charge is 2.24. The van der Waals surface area contributed by atoms with Crippen LogP contribution in [0.15, 0.2) is 28.7 Å². The number of aliphatic hydroxyl groups excluding tert-OH is 1. The zero-order valence-electron chi connectivity index (χ0n) is 12.5. The summed E-state index contributed by atoms with van der Waals surface area (Å²) < 4.78 is 1.04. The number of nitrogens with one attached hydrogen (secondary N) is 1. The Labute approximate surface area is 129 Å². The quantitative estimate of drug-likeness (QED) is 0.864. The zero-order valence-corrected chi connectivity index (χ0v) is 14.1. The molecule has 20 heavy (non-hydrogen) atoms. The third-order valence-electron chi connectivity index (χ3n) is 3.17. The van der Waals surface area contributed by atoms with Gasteiger partial charge in [0.25, 0.3) is 0 Å². The van der Waals surface area contributed by atoms with Crippen molar-refractivity contribution in [2.24, 2.45) is 0 Å². The lowest BCUT2D eigenvalue weighted by molar-refractivity contribution is 0.143. The summed E-state index contributed by atoms with van der Waals surface area (Å²) in [7, 11) is 1.67. The van der Waals surface area contributed by atoms with Gasteiger partial charge in [-0.25, -0.2) is 4.79 Å². The monoisotopic (exact) mass is 342 g/mol. The molecule has 1 rings (SSSR count). The highest BCUT2D eigenvalue weighted by molar-refractivity contribution is 9.10. The molecule has 2 N–H and O–H groups in total. The molecule has 0 aliphatic rings. The molecule has 112 valence electrons. The molecule has 0 spiro atoms. The van der Waals surface area contributed by atoms with E-state index in [1.54, 1.807) is 14.0 Å². The second-order valence-corrected chi connectivity index (χ2v) is 6.61. The van der Waals surface area contributed by atoms with E-state index >= 15 is 0 Å². The van der Waals surface area contributed by atoms with Gasteiger partial charge < -0.3 is 15.3 Å². The molecule has 0 aliphatic heterocycles. The van der Waals surface area contributed by atoms with Crippen LogP contribution in [0.1, 0.15) is 26.3 Å². The van der Waals surface area contributed by atoms with Crippen LogP contribution < -0.4 is 5.32 Å². The lowest BCUT2D eigenvalue weighted by Gasteiger charge is -2.28. The maximum absolute atomic E-state index is 11.9. The van der Waals surface area contributed by atoms with Crippen LogP contribution >= 0.6 is 15.9 Å². The van der Waals surface area contributed by atoms with E-state index in [2.05, 4.69) is 41.2 Å². The van der Waals surface area contributed by atoms with E-state index in [0.29, 0.717) is 13.1 Å². The van der Waals surface area contributed by atoms with Crippen LogP contribution in [0.2, 0.25) is 0 Å². The Morgan fingerprint density at radius 1 is 1.45 bits per heavy atom. The Bertz CT molecular complexity index is 461. The van der Waals surface area contributed by atoms with Crippen LogP contribution in [0.4, 0.5) is 4.79 Å². The minimum Gasteiger partial charge on any atom is -0.392 e. The fraction of sp³-hybridized carbons (Fsp3) is 0.533. The van der Waals surface area contributed by atoms with Crippen molar-refractivity contribution in [1.29, 1.82) is 0 Å². The molecule has 0 aromatic heterocycles. The highest BCUT2D eigenvalue weighted by atomic mass is 79.9. The third-order valence-corrected chi connectivity index (χ3v) is 3.86. The number of carbonyl (C=O) groups is 1. The molecule has 4 nitrogen and oxygen atoms in total. The third kappa shape index (κ3) is 4.80. The predicted molar refractivity (Wildman–Crippen MR) is 84.9 cm³/mol. The predicted octanol–water partition coefficient (Wildman–Crippen LogP) is 2.75. The number of hydrogen-bond donors (Lipinski definition) is 2. The van der Waals surface area contributed by atoms with Crippen LogP contribution in [-0.2, 0) is 5.41 Å². The van der Waals surface area contributed by atoms with Crippen molar-refractivity contribution in [1.82, 2.24) is 10.2 Å². The van der Waals surface area contributed by atoms with Crippen molar-refractivity contribution in [3.63, 3.8) is 0 Å². The minimum atomic E-state index is -0.526. The molecule has 1 atom stereocenters. The molecular formula is C15H23BrN2O2. The largest absolute Gasteiger partial charge is 0.392 e. The van der Waals surface area contributed by atoms with Crippen LogP contribution in [0.5, 0.6) is 0 Å². The summed E-state index contributed by atoms with van der Waals surface area (Å²) >= 11 is 3.54.